The van der Waals surface area contributed by atoms with Gasteiger partial charge in [-0.25, -0.2) is 0 Å². The van der Waals surface area contributed by atoms with Crippen molar-refractivity contribution in [1.82, 2.24) is 19.7 Å². The Kier molecular flexibility index (Phi) is 4.07. The number of likely N-dealkylation sites (tertiary alicyclic amines) is 1. The molecular formula is C17H23N5O. The standard InChI is InChI=1S/C17H23N5O/c1-12-9-14(20(2)3)10-16(18-12)13-5-8-22(11-13)17(23)15-6-7-21(4)19-15/h6-7,9-10,13H,5,8,11H2,1-4H3/t13-/m0/s1. The molecule has 3 rings (SSSR count). The molecule has 0 radical (unpaired) electrons. The van der Waals surface area contributed by atoms with Crippen LogP contribution < -0.4 is 4.90 Å². The Labute approximate surface area is 136 Å². The van der Waals surface area contributed by atoms with E-state index in [1.54, 1.807) is 16.9 Å². The Morgan fingerprint density at radius 2 is 2.13 bits per heavy atom. The maximum atomic E-state index is 12.5. The Bertz CT molecular complexity index is 722. The lowest BCUT2D eigenvalue weighted by Crippen LogP contribution is -2.29. The lowest BCUT2D eigenvalue weighted by atomic mass is 10.0. The highest BCUT2D eigenvalue weighted by molar-refractivity contribution is 5.92. The van der Waals surface area contributed by atoms with E-state index in [0.29, 0.717) is 18.2 Å². The molecule has 0 bridgehead atoms. The maximum Gasteiger partial charge on any atom is 0.274 e. The molecule has 1 aliphatic heterocycles. The first-order valence-corrected chi connectivity index (χ1v) is 7.89. The first-order valence-electron chi connectivity index (χ1n) is 7.89. The molecule has 0 aliphatic carbocycles. The highest BCUT2D eigenvalue weighted by Gasteiger charge is 2.30. The highest BCUT2D eigenvalue weighted by atomic mass is 16.2. The van der Waals surface area contributed by atoms with Gasteiger partial charge in [0.05, 0.1) is 0 Å². The summed E-state index contributed by atoms with van der Waals surface area (Å²) in [6, 6.07) is 5.98. The number of anilines is 1. The van der Waals surface area contributed by atoms with Crippen molar-refractivity contribution in [2.24, 2.45) is 7.05 Å². The van der Waals surface area contributed by atoms with Crippen molar-refractivity contribution in [3.05, 3.63) is 41.5 Å². The van der Waals surface area contributed by atoms with Gasteiger partial charge in [-0.05, 0) is 31.5 Å². The average molecular weight is 313 g/mol. The van der Waals surface area contributed by atoms with Gasteiger partial charge in [-0.15, -0.1) is 0 Å². The lowest BCUT2D eigenvalue weighted by molar-refractivity contribution is 0.0784. The van der Waals surface area contributed by atoms with Gasteiger partial charge in [0, 0.05) is 63.4 Å². The quantitative estimate of drug-likeness (QED) is 0.867. The maximum absolute atomic E-state index is 12.5. The number of rotatable bonds is 3. The van der Waals surface area contributed by atoms with E-state index >= 15 is 0 Å². The van der Waals surface area contributed by atoms with Crippen LogP contribution in [0.3, 0.4) is 0 Å². The summed E-state index contributed by atoms with van der Waals surface area (Å²) in [5.74, 6) is 0.301. The van der Waals surface area contributed by atoms with Crippen LogP contribution in [0.4, 0.5) is 5.69 Å². The summed E-state index contributed by atoms with van der Waals surface area (Å²) >= 11 is 0. The molecule has 23 heavy (non-hydrogen) atoms. The first kappa shape index (κ1) is 15.5. The third-order valence-corrected chi connectivity index (χ3v) is 4.30. The van der Waals surface area contributed by atoms with E-state index in [1.807, 2.05) is 33.0 Å². The van der Waals surface area contributed by atoms with Gasteiger partial charge < -0.3 is 9.80 Å². The zero-order valence-corrected chi connectivity index (χ0v) is 14.2. The van der Waals surface area contributed by atoms with Gasteiger partial charge in [0.15, 0.2) is 0 Å². The minimum atomic E-state index is 0.00795. The molecule has 1 aliphatic rings. The molecule has 6 nitrogen and oxygen atoms in total. The fourth-order valence-electron chi connectivity index (χ4n) is 3.02. The molecular weight excluding hydrogens is 290 g/mol. The van der Waals surface area contributed by atoms with E-state index in [0.717, 1.165) is 30.0 Å². The fraction of sp³-hybridized carbons (Fsp3) is 0.471. The van der Waals surface area contributed by atoms with Crippen LogP contribution in [0.2, 0.25) is 0 Å². The monoisotopic (exact) mass is 313 g/mol. The molecule has 0 N–H and O–H groups in total. The van der Waals surface area contributed by atoms with Crippen LogP contribution in [0.5, 0.6) is 0 Å². The lowest BCUT2D eigenvalue weighted by Gasteiger charge is -2.18. The van der Waals surface area contributed by atoms with Crippen LogP contribution in [0.1, 0.15) is 34.2 Å². The molecule has 2 aromatic rings. The van der Waals surface area contributed by atoms with Crippen molar-refractivity contribution in [2.75, 3.05) is 32.1 Å². The zero-order chi connectivity index (χ0) is 16.6. The Morgan fingerprint density at radius 3 is 2.78 bits per heavy atom. The first-order chi connectivity index (χ1) is 10.9. The van der Waals surface area contributed by atoms with Crippen LogP contribution in [0.25, 0.3) is 0 Å². The van der Waals surface area contributed by atoms with Crippen molar-refractivity contribution in [2.45, 2.75) is 19.3 Å². The SMILES string of the molecule is Cc1cc(N(C)C)cc([C@H]2CCN(C(=O)c3ccn(C)n3)C2)n1. The number of carbonyl (C=O) groups excluding carboxylic acids is 1. The minimum absolute atomic E-state index is 0.00795. The summed E-state index contributed by atoms with van der Waals surface area (Å²) in [6.45, 7) is 3.48. The summed E-state index contributed by atoms with van der Waals surface area (Å²) in [4.78, 5) is 21.2. The Hall–Kier alpha value is -2.37. The molecule has 0 spiro atoms. The highest BCUT2D eigenvalue weighted by Crippen LogP contribution is 2.29. The van der Waals surface area contributed by atoms with Crippen molar-refractivity contribution in [3.63, 3.8) is 0 Å². The number of carbonyl (C=O) groups is 1. The van der Waals surface area contributed by atoms with Crippen LogP contribution in [-0.4, -0.2) is 52.8 Å². The van der Waals surface area contributed by atoms with Crippen LogP contribution in [0, 0.1) is 6.92 Å². The van der Waals surface area contributed by atoms with E-state index < -0.39 is 0 Å². The normalized spacial score (nSPS) is 17.6. The van der Waals surface area contributed by atoms with E-state index in [4.69, 9.17) is 0 Å². The molecule has 0 aromatic carbocycles. The van der Waals surface area contributed by atoms with E-state index in [1.165, 1.54) is 0 Å². The summed E-state index contributed by atoms with van der Waals surface area (Å²) in [5, 5.41) is 4.21. The molecule has 0 unspecified atom stereocenters. The predicted molar refractivity (Wildman–Crippen MR) is 89.8 cm³/mol. The van der Waals surface area contributed by atoms with Gasteiger partial charge in [-0.1, -0.05) is 0 Å². The van der Waals surface area contributed by atoms with Gasteiger partial charge >= 0.3 is 0 Å². The largest absolute Gasteiger partial charge is 0.378 e. The van der Waals surface area contributed by atoms with Crippen molar-refractivity contribution >= 4 is 11.6 Å². The van der Waals surface area contributed by atoms with Crippen LogP contribution in [0.15, 0.2) is 24.4 Å². The second-order valence-corrected chi connectivity index (χ2v) is 6.40. The number of aryl methyl sites for hydroxylation is 2. The van der Waals surface area contributed by atoms with E-state index in [-0.39, 0.29) is 5.91 Å². The summed E-state index contributed by atoms with van der Waals surface area (Å²) in [5.41, 5.74) is 3.76. The Morgan fingerprint density at radius 1 is 1.35 bits per heavy atom. The van der Waals surface area contributed by atoms with Gasteiger partial charge in [-0.3, -0.25) is 14.5 Å². The van der Waals surface area contributed by atoms with Crippen molar-refractivity contribution in [3.8, 4) is 0 Å². The second-order valence-electron chi connectivity index (χ2n) is 6.40. The number of pyridine rings is 1. The molecule has 0 saturated carbocycles. The minimum Gasteiger partial charge on any atom is -0.378 e. The number of nitrogens with zero attached hydrogens (tertiary/aromatic N) is 5. The van der Waals surface area contributed by atoms with E-state index in [2.05, 4.69) is 27.1 Å². The summed E-state index contributed by atoms with van der Waals surface area (Å²) in [7, 11) is 5.89. The van der Waals surface area contributed by atoms with Crippen molar-refractivity contribution in [1.29, 1.82) is 0 Å². The summed E-state index contributed by atoms with van der Waals surface area (Å²) in [6.07, 6.45) is 2.74. The fourth-order valence-corrected chi connectivity index (χ4v) is 3.02. The number of hydrogen-bond donors (Lipinski definition) is 0. The third-order valence-electron chi connectivity index (χ3n) is 4.30. The van der Waals surface area contributed by atoms with Gasteiger partial charge in [0.1, 0.15) is 5.69 Å². The number of hydrogen-bond acceptors (Lipinski definition) is 4. The molecule has 1 fully saturated rings. The third kappa shape index (κ3) is 3.21. The van der Waals surface area contributed by atoms with Gasteiger partial charge in [0.2, 0.25) is 0 Å². The second kappa shape index (κ2) is 6.02. The number of amides is 1. The number of aromatic nitrogens is 3. The summed E-state index contributed by atoms with van der Waals surface area (Å²) < 4.78 is 1.66. The molecule has 1 saturated heterocycles. The van der Waals surface area contributed by atoms with Crippen molar-refractivity contribution < 1.29 is 4.79 Å². The molecule has 1 amide bonds. The predicted octanol–water partition coefficient (Wildman–Crippen LogP) is 1.82. The van der Waals surface area contributed by atoms with Crippen LogP contribution >= 0.6 is 0 Å². The van der Waals surface area contributed by atoms with Gasteiger partial charge in [-0.2, -0.15) is 5.10 Å². The molecule has 122 valence electrons. The molecule has 1 atom stereocenters. The van der Waals surface area contributed by atoms with Gasteiger partial charge in [0.25, 0.3) is 5.91 Å². The Balaban J connectivity index is 1.76. The smallest absolute Gasteiger partial charge is 0.274 e. The van der Waals surface area contributed by atoms with Crippen LogP contribution in [-0.2, 0) is 7.05 Å². The molecule has 2 aromatic heterocycles. The molecule has 6 heteroatoms. The van der Waals surface area contributed by atoms with E-state index in [9.17, 15) is 4.79 Å². The average Bonchev–Trinajstić information content (AvgIpc) is 3.15. The molecule has 3 heterocycles. The zero-order valence-electron chi connectivity index (χ0n) is 14.2. The topological polar surface area (TPSA) is 54.3 Å².